The van der Waals surface area contributed by atoms with Gasteiger partial charge in [0.2, 0.25) is 5.91 Å². The molecule has 0 unspecified atom stereocenters. The summed E-state index contributed by atoms with van der Waals surface area (Å²) in [6.07, 6.45) is 4.72. The van der Waals surface area contributed by atoms with E-state index in [4.69, 9.17) is 4.52 Å². The summed E-state index contributed by atoms with van der Waals surface area (Å²) >= 11 is 1.49. The Morgan fingerprint density at radius 1 is 1.31 bits per heavy atom. The molecule has 29 heavy (non-hydrogen) atoms. The molecule has 1 amide bonds. The van der Waals surface area contributed by atoms with Crippen LogP contribution in [0.2, 0.25) is 0 Å². The predicted octanol–water partition coefficient (Wildman–Crippen LogP) is 2.72. The van der Waals surface area contributed by atoms with E-state index in [1.165, 1.54) is 11.8 Å². The number of nitrogens with one attached hydrogen (secondary N) is 2. The van der Waals surface area contributed by atoms with Gasteiger partial charge in [0.05, 0.1) is 23.8 Å². The molecular weight excluding hydrogens is 390 g/mol. The molecule has 0 saturated carbocycles. The lowest BCUT2D eigenvalue weighted by atomic mass is 10.1. The number of hydrogen-bond acceptors (Lipinski definition) is 8. The first-order chi connectivity index (χ1) is 13.9. The summed E-state index contributed by atoms with van der Waals surface area (Å²) in [6, 6.07) is 0.253. The molecule has 0 bridgehead atoms. The van der Waals surface area contributed by atoms with E-state index in [0.29, 0.717) is 31.1 Å². The highest BCUT2D eigenvalue weighted by Crippen LogP contribution is 2.23. The van der Waals surface area contributed by atoms with Gasteiger partial charge >= 0.3 is 0 Å². The van der Waals surface area contributed by atoms with E-state index in [-0.39, 0.29) is 11.9 Å². The number of aryl methyl sites for hydroxylation is 2. The first kappa shape index (κ1) is 21.1. The number of carbonyl (C=O) groups excluding carboxylic acids is 1. The number of anilines is 1. The number of carbonyl (C=O) groups is 1. The van der Waals surface area contributed by atoms with Crippen molar-refractivity contribution in [2.75, 3.05) is 18.1 Å². The minimum absolute atomic E-state index is 0.0111. The zero-order valence-electron chi connectivity index (χ0n) is 17.4. The number of hydrogen-bond donors (Lipinski definition) is 2. The smallest absolute Gasteiger partial charge is 0.220 e. The molecule has 0 aliphatic heterocycles. The maximum atomic E-state index is 12.2. The Bertz CT molecular complexity index is 977. The van der Waals surface area contributed by atoms with Crippen molar-refractivity contribution in [3.05, 3.63) is 23.2 Å². The minimum Gasteiger partial charge on any atom is -0.367 e. The summed E-state index contributed by atoms with van der Waals surface area (Å²) in [4.78, 5) is 21.3. The summed E-state index contributed by atoms with van der Waals surface area (Å²) in [5.41, 5.74) is 2.61. The molecule has 3 aromatic rings. The fraction of sp³-hybridized carbons (Fsp3) is 0.526. The SMILES string of the molecule is CSc1nc(NC(C)C)c2cnn(CCNC(=O)CCc3c(C)noc3C)c2n1. The molecule has 0 aliphatic rings. The Kier molecular flexibility index (Phi) is 6.73. The van der Waals surface area contributed by atoms with Crippen molar-refractivity contribution >= 4 is 34.5 Å². The zero-order valence-corrected chi connectivity index (χ0v) is 18.3. The average molecular weight is 418 g/mol. The van der Waals surface area contributed by atoms with Gasteiger partial charge in [-0.3, -0.25) is 4.79 Å². The van der Waals surface area contributed by atoms with Crippen molar-refractivity contribution in [3.63, 3.8) is 0 Å². The molecule has 156 valence electrons. The number of amides is 1. The van der Waals surface area contributed by atoms with E-state index < -0.39 is 0 Å². The minimum atomic E-state index is -0.0111. The van der Waals surface area contributed by atoms with Crippen LogP contribution in [0.3, 0.4) is 0 Å². The molecule has 0 fully saturated rings. The van der Waals surface area contributed by atoms with Gasteiger partial charge in [0.15, 0.2) is 10.8 Å². The fourth-order valence-electron chi connectivity index (χ4n) is 3.06. The Morgan fingerprint density at radius 3 is 2.76 bits per heavy atom. The lowest BCUT2D eigenvalue weighted by molar-refractivity contribution is -0.121. The number of nitrogens with zero attached hydrogens (tertiary/aromatic N) is 5. The normalized spacial score (nSPS) is 11.4. The second-order valence-electron chi connectivity index (χ2n) is 7.12. The van der Waals surface area contributed by atoms with Gasteiger partial charge in [0.25, 0.3) is 0 Å². The van der Waals surface area contributed by atoms with E-state index >= 15 is 0 Å². The van der Waals surface area contributed by atoms with E-state index in [1.54, 1.807) is 10.9 Å². The molecule has 0 aromatic carbocycles. The van der Waals surface area contributed by atoms with Gasteiger partial charge in [-0.25, -0.2) is 14.6 Å². The van der Waals surface area contributed by atoms with Gasteiger partial charge in [-0.05, 0) is 40.4 Å². The largest absolute Gasteiger partial charge is 0.367 e. The molecule has 10 heteroatoms. The number of aromatic nitrogens is 5. The van der Waals surface area contributed by atoms with Crippen LogP contribution < -0.4 is 10.6 Å². The summed E-state index contributed by atoms with van der Waals surface area (Å²) in [7, 11) is 0. The van der Waals surface area contributed by atoms with Crippen LogP contribution in [0, 0.1) is 13.8 Å². The van der Waals surface area contributed by atoms with Crippen LogP contribution in [-0.4, -0.2) is 49.7 Å². The molecule has 2 N–H and O–H groups in total. The summed E-state index contributed by atoms with van der Waals surface area (Å²) < 4.78 is 6.94. The topological polar surface area (TPSA) is 111 Å². The van der Waals surface area contributed by atoms with Gasteiger partial charge in [-0.15, -0.1) is 0 Å². The first-order valence-electron chi connectivity index (χ1n) is 9.61. The highest BCUT2D eigenvalue weighted by atomic mass is 32.2. The van der Waals surface area contributed by atoms with Crippen LogP contribution in [0.5, 0.6) is 0 Å². The quantitative estimate of drug-likeness (QED) is 0.404. The molecule has 0 saturated heterocycles. The molecule has 0 atom stereocenters. The summed E-state index contributed by atoms with van der Waals surface area (Å²) in [6.45, 7) is 8.89. The zero-order chi connectivity index (χ0) is 21.0. The van der Waals surface area contributed by atoms with Crippen molar-refractivity contribution in [2.45, 2.75) is 58.3 Å². The molecular formula is C19H27N7O2S. The van der Waals surface area contributed by atoms with E-state index in [1.807, 2.05) is 20.1 Å². The van der Waals surface area contributed by atoms with Crippen LogP contribution in [0.1, 0.15) is 37.3 Å². The third kappa shape index (κ3) is 5.06. The highest BCUT2D eigenvalue weighted by molar-refractivity contribution is 7.98. The van der Waals surface area contributed by atoms with Gasteiger partial charge in [0, 0.05) is 24.6 Å². The van der Waals surface area contributed by atoms with Gasteiger partial charge in [-0.1, -0.05) is 16.9 Å². The Labute approximate surface area is 174 Å². The Balaban J connectivity index is 1.61. The maximum Gasteiger partial charge on any atom is 0.220 e. The van der Waals surface area contributed by atoms with Crippen LogP contribution in [0.15, 0.2) is 15.9 Å². The number of thioether (sulfide) groups is 1. The van der Waals surface area contributed by atoms with Crippen molar-refractivity contribution in [2.24, 2.45) is 0 Å². The van der Waals surface area contributed by atoms with Gasteiger partial charge in [-0.2, -0.15) is 5.10 Å². The van der Waals surface area contributed by atoms with Crippen molar-refractivity contribution in [3.8, 4) is 0 Å². The lowest BCUT2D eigenvalue weighted by Crippen LogP contribution is -2.27. The molecule has 3 rings (SSSR count). The standard InChI is InChI=1S/C19H27N7O2S/c1-11(2)22-17-15-10-21-26(18(15)24-19(23-17)29-5)9-8-20-16(27)7-6-14-12(3)25-28-13(14)4/h10-11H,6-9H2,1-5H3,(H,20,27)(H,22,23,24). The van der Waals surface area contributed by atoms with E-state index in [2.05, 4.69) is 44.7 Å². The second kappa shape index (κ2) is 9.25. The van der Waals surface area contributed by atoms with Crippen LogP contribution >= 0.6 is 11.8 Å². The Hall–Kier alpha value is -2.62. The molecule has 0 radical (unpaired) electrons. The Morgan fingerprint density at radius 2 is 2.10 bits per heavy atom. The van der Waals surface area contributed by atoms with Crippen LogP contribution in [0.4, 0.5) is 5.82 Å². The fourth-order valence-corrected chi connectivity index (χ4v) is 3.42. The van der Waals surface area contributed by atoms with Gasteiger partial charge < -0.3 is 15.2 Å². The molecule has 0 spiro atoms. The average Bonchev–Trinajstić information content (AvgIpc) is 3.23. The van der Waals surface area contributed by atoms with Gasteiger partial charge in [0.1, 0.15) is 11.6 Å². The predicted molar refractivity (Wildman–Crippen MR) is 113 cm³/mol. The summed E-state index contributed by atoms with van der Waals surface area (Å²) in [5.74, 6) is 1.54. The van der Waals surface area contributed by atoms with Crippen molar-refractivity contribution in [1.82, 2.24) is 30.2 Å². The number of rotatable bonds is 9. The monoisotopic (exact) mass is 417 g/mol. The molecule has 3 aromatic heterocycles. The van der Waals surface area contributed by atoms with Crippen LogP contribution in [0.25, 0.3) is 11.0 Å². The lowest BCUT2D eigenvalue weighted by Gasteiger charge is -2.11. The summed E-state index contributed by atoms with van der Waals surface area (Å²) in [5, 5.41) is 16.2. The van der Waals surface area contributed by atoms with Crippen molar-refractivity contribution < 1.29 is 9.32 Å². The highest BCUT2D eigenvalue weighted by Gasteiger charge is 2.14. The first-order valence-corrected chi connectivity index (χ1v) is 10.8. The van der Waals surface area contributed by atoms with Crippen molar-refractivity contribution in [1.29, 1.82) is 0 Å². The maximum absolute atomic E-state index is 12.2. The number of fused-ring (bicyclic) bond motifs is 1. The molecule has 0 aliphatic carbocycles. The van der Waals surface area contributed by atoms with Crippen LogP contribution in [-0.2, 0) is 17.8 Å². The third-order valence-electron chi connectivity index (χ3n) is 4.51. The van der Waals surface area contributed by atoms with E-state index in [0.717, 1.165) is 33.9 Å². The molecule has 3 heterocycles. The molecule has 9 nitrogen and oxygen atoms in total. The third-order valence-corrected chi connectivity index (χ3v) is 5.06. The van der Waals surface area contributed by atoms with E-state index in [9.17, 15) is 4.79 Å². The second-order valence-corrected chi connectivity index (χ2v) is 7.89.